The molecule has 5 heteroatoms. The lowest BCUT2D eigenvalue weighted by atomic mass is 10.0. The van der Waals surface area contributed by atoms with E-state index in [9.17, 15) is 14.7 Å². The minimum atomic E-state index is -0.925. The van der Waals surface area contributed by atoms with Crippen LogP contribution in [0.5, 0.6) is 0 Å². The van der Waals surface area contributed by atoms with Crippen LogP contribution in [0.15, 0.2) is 78.9 Å². The Morgan fingerprint density at radius 3 is 2.42 bits per heavy atom. The average molecular weight is 443 g/mol. The number of fused-ring (bicyclic) bond motifs is 1. The molecular formula is C28H30N2O3. The summed E-state index contributed by atoms with van der Waals surface area (Å²) in [5.74, 6) is -1.00. The highest BCUT2D eigenvalue weighted by atomic mass is 16.4. The van der Waals surface area contributed by atoms with Crippen LogP contribution in [0, 0.1) is 6.92 Å². The quantitative estimate of drug-likeness (QED) is 0.538. The van der Waals surface area contributed by atoms with E-state index in [1.165, 1.54) is 5.56 Å². The van der Waals surface area contributed by atoms with Crippen molar-refractivity contribution in [3.05, 3.63) is 101 Å². The molecule has 1 aliphatic rings. The first-order chi connectivity index (χ1) is 16.0. The number of aryl methyl sites for hydroxylation is 3. The van der Waals surface area contributed by atoms with E-state index in [0.29, 0.717) is 25.8 Å². The normalized spacial score (nSPS) is 16.7. The van der Waals surface area contributed by atoms with E-state index >= 15 is 0 Å². The predicted octanol–water partition coefficient (Wildman–Crippen LogP) is 4.52. The molecule has 0 saturated carbocycles. The van der Waals surface area contributed by atoms with Crippen LogP contribution in [-0.2, 0) is 29.0 Å². The van der Waals surface area contributed by atoms with Gasteiger partial charge in [0, 0.05) is 5.69 Å². The van der Waals surface area contributed by atoms with Crippen molar-refractivity contribution in [2.45, 2.75) is 51.2 Å². The fourth-order valence-corrected chi connectivity index (χ4v) is 4.39. The Balaban J connectivity index is 1.54. The molecule has 0 saturated heterocycles. The molecule has 33 heavy (non-hydrogen) atoms. The molecule has 0 fully saturated rings. The molecule has 0 aliphatic carbocycles. The fourth-order valence-electron chi connectivity index (χ4n) is 4.39. The van der Waals surface area contributed by atoms with Crippen molar-refractivity contribution < 1.29 is 14.7 Å². The number of hydrogen-bond donors (Lipinski definition) is 2. The summed E-state index contributed by atoms with van der Waals surface area (Å²) in [5.41, 5.74) is 5.32. The molecule has 0 radical (unpaired) electrons. The number of nitrogens with one attached hydrogen (secondary N) is 1. The maximum atomic E-state index is 13.7. The van der Waals surface area contributed by atoms with Gasteiger partial charge in [-0.15, -0.1) is 0 Å². The molecule has 5 nitrogen and oxygen atoms in total. The second kappa shape index (κ2) is 10.5. The number of rotatable bonds is 8. The minimum absolute atomic E-state index is 0.0773. The Kier molecular flexibility index (Phi) is 7.20. The highest BCUT2D eigenvalue weighted by molar-refractivity contribution is 5.98. The molecule has 2 N–H and O–H groups in total. The van der Waals surface area contributed by atoms with E-state index in [1.807, 2.05) is 79.7 Å². The van der Waals surface area contributed by atoms with Gasteiger partial charge in [0.05, 0.1) is 12.6 Å². The lowest BCUT2D eigenvalue weighted by molar-refractivity contribution is -0.140. The van der Waals surface area contributed by atoms with Crippen molar-refractivity contribution in [3.8, 4) is 0 Å². The van der Waals surface area contributed by atoms with Gasteiger partial charge in [-0.25, -0.2) is 0 Å². The van der Waals surface area contributed by atoms with E-state index in [4.69, 9.17) is 0 Å². The number of aliphatic carboxylic acids is 1. The van der Waals surface area contributed by atoms with Crippen molar-refractivity contribution in [2.24, 2.45) is 0 Å². The zero-order valence-electron chi connectivity index (χ0n) is 18.9. The summed E-state index contributed by atoms with van der Waals surface area (Å²) in [6, 6.07) is 24.6. The fraction of sp³-hybridized carbons (Fsp3) is 0.286. The van der Waals surface area contributed by atoms with Gasteiger partial charge >= 0.3 is 5.97 Å². The van der Waals surface area contributed by atoms with Gasteiger partial charge in [-0.3, -0.25) is 14.9 Å². The summed E-state index contributed by atoms with van der Waals surface area (Å²) in [4.78, 5) is 27.5. The highest BCUT2D eigenvalue weighted by Gasteiger charge is 2.33. The van der Waals surface area contributed by atoms with Crippen molar-refractivity contribution in [1.82, 2.24) is 5.32 Å². The Bertz CT molecular complexity index is 1100. The molecule has 4 rings (SSSR count). The van der Waals surface area contributed by atoms with Crippen LogP contribution in [0.3, 0.4) is 0 Å². The third-order valence-electron chi connectivity index (χ3n) is 6.28. The molecule has 170 valence electrons. The number of carbonyl (C=O) groups is 2. The number of anilines is 1. The third-order valence-corrected chi connectivity index (χ3v) is 6.28. The van der Waals surface area contributed by atoms with Gasteiger partial charge in [-0.05, 0) is 55.4 Å². The molecule has 0 spiro atoms. The molecule has 0 bridgehead atoms. The minimum Gasteiger partial charge on any atom is -0.480 e. The topological polar surface area (TPSA) is 69.6 Å². The lowest BCUT2D eigenvalue weighted by Crippen LogP contribution is -2.51. The van der Waals surface area contributed by atoms with E-state index < -0.39 is 18.1 Å². The van der Waals surface area contributed by atoms with Crippen LogP contribution in [0.4, 0.5) is 5.69 Å². The van der Waals surface area contributed by atoms with E-state index in [2.05, 4.69) is 11.4 Å². The molecule has 0 aromatic heterocycles. The van der Waals surface area contributed by atoms with Crippen LogP contribution in [0.2, 0.25) is 0 Å². The number of hydrogen-bond acceptors (Lipinski definition) is 3. The zero-order chi connectivity index (χ0) is 23.2. The maximum Gasteiger partial charge on any atom is 0.320 e. The second-order valence-corrected chi connectivity index (χ2v) is 8.71. The number of carboxylic acids is 1. The first-order valence-electron chi connectivity index (χ1n) is 11.5. The van der Waals surface area contributed by atoms with Crippen LogP contribution in [0.1, 0.15) is 35.1 Å². The van der Waals surface area contributed by atoms with Crippen LogP contribution in [0.25, 0.3) is 0 Å². The van der Waals surface area contributed by atoms with Crippen molar-refractivity contribution in [2.75, 3.05) is 4.90 Å². The maximum absolute atomic E-state index is 13.7. The Labute approximate surface area is 195 Å². The lowest BCUT2D eigenvalue weighted by Gasteiger charge is -2.28. The van der Waals surface area contributed by atoms with Crippen molar-refractivity contribution in [3.63, 3.8) is 0 Å². The molecular weight excluding hydrogens is 412 g/mol. The summed E-state index contributed by atoms with van der Waals surface area (Å²) < 4.78 is 0. The second-order valence-electron chi connectivity index (χ2n) is 8.71. The molecule has 3 aromatic carbocycles. The molecule has 2 atom stereocenters. The van der Waals surface area contributed by atoms with E-state index in [0.717, 1.165) is 28.8 Å². The molecule has 1 heterocycles. The van der Waals surface area contributed by atoms with Crippen molar-refractivity contribution in [1.29, 1.82) is 0 Å². The molecule has 1 unspecified atom stereocenters. The van der Waals surface area contributed by atoms with Gasteiger partial charge in [-0.2, -0.15) is 0 Å². The third kappa shape index (κ3) is 5.68. The molecule has 1 aliphatic heterocycles. The number of benzene rings is 3. The van der Waals surface area contributed by atoms with Gasteiger partial charge in [0.1, 0.15) is 6.04 Å². The Hall–Kier alpha value is -3.44. The summed E-state index contributed by atoms with van der Waals surface area (Å²) in [7, 11) is 0. The van der Waals surface area contributed by atoms with E-state index in [1.54, 1.807) is 4.90 Å². The van der Waals surface area contributed by atoms with Crippen LogP contribution >= 0.6 is 0 Å². The van der Waals surface area contributed by atoms with Crippen LogP contribution < -0.4 is 10.2 Å². The number of carbonyl (C=O) groups excluding carboxylic acids is 1. The number of carboxylic acid groups (broad SMARTS) is 1. The summed E-state index contributed by atoms with van der Waals surface area (Å²) >= 11 is 0. The van der Waals surface area contributed by atoms with Gasteiger partial charge < -0.3 is 10.0 Å². The first-order valence-corrected chi connectivity index (χ1v) is 11.5. The van der Waals surface area contributed by atoms with Gasteiger partial charge in [0.15, 0.2) is 0 Å². The number of para-hydroxylation sites is 1. The Morgan fingerprint density at radius 2 is 1.70 bits per heavy atom. The highest BCUT2D eigenvalue weighted by Crippen LogP contribution is 2.29. The predicted molar refractivity (Wildman–Crippen MR) is 130 cm³/mol. The standard InChI is InChI=1S/C28H30N2O3/c1-20-11-13-22(14-12-20)19-30-26-10-6-5-9-23(26)16-18-24(27(30)31)29-25(28(32)33)17-15-21-7-3-2-4-8-21/h2-14,24-25,29H,15-19H2,1H3,(H,32,33)/t24?,25-/m1/s1. The number of nitrogens with zero attached hydrogens (tertiary/aromatic N) is 1. The molecule has 1 amide bonds. The smallest absolute Gasteiger partial charge is 0.320 e. The number of amides is 1. The summed E-state index contributed by atoms with van der Waals surface area (Å²) in [6.07, 6.45) is 2.34. The summed E-state index contributed by atoms with van der Waals surface area (Å²) in [6.45, 7) is 2.49. The largest absolute Gasteiger partial charge is 0.480 e. The summed E-state index contributed by atoms with van der Waals surface area (Å²) in [5, 5.41) is 13.0. The monoisotopic (exact) mass is 442 g/mol. The first kappa shape index (κ1) is 22.7. The Morgan fingerprint density at radius 1 is 1.00 bits per heavy atom. The van der Waals surface area contributed by atoms with Crippen molar-refractivity contribution >= 4 is 17.6 Å². The van der Waals surface area contributed by atoms with Gasteiger partial charge in [0.25, 0.3) is 0 Å². The van der Waals surface area contributed by atoms with E-state index in [-0.39, 0.29) is 5.91 Å². The SMILES string of the molecule is Cc1ccc(CN2C(=O)C(N[C@H](CCc3ccccc3)C(=O)O)CCc3ccccc32)cc1. The van der Waals surface area contributed by atoms with Crippen LogP contribution in [-0.4, -0.2) is 29.1 Å². The average Bonchev–Trinajstić information content (AvgIpc) is 2.95. The van der Waals surface area contributed by atoms with Gasteiger partial charge in [0.2, 0.25) is 5.91 Å². The molecule has 3 aromatic rings. The van der Waals surface area contributed by atoms with Gasteiger partial charge in [-0.1, -0.05) is 78.4 Å². The zero-order valence-corrected chi connectivity index (χ0v) is 18.9.